The van der Waals surface area contributed by atoms with Gasteiger partial charge in [0.2, 0.25) is 0 Å². The molecule has 20 heavy (non-hydrogen) atoms. The predicted octanol–water partition coefficient (Wildman–Crippen LogP) is 2.70. The van der Waals surface area contributed by atoms with Crippen LogP contribution in [0.5, 0.6) is 0 Å². The van der Waals surface area contributed by atoms with Gasteiger partial charge in [-0.3, -0.25) is 0 Å². The van der Waals surface area contributed by atoms with Crippen molar-refractivity contribution in [2.75, 3.05) is 5.73 Å². The Morgan fingerprint density at radius 2 is 1.85 bits per heavy atom. The van der Waals surface area contributed by atoms with Crippen LogP contribution < -0.4 is 5.73 Å². The summed E-state index contributed by atoms with van der Waals surface area (Å²) in [5.74, 6) is -0.0378. The molecule has 0 saturated heterocycles. The molecule has 3 rings (SSSR count). The smallest absolute Gasteiger partial charge is 0.187 e. The first kappa shape index (κ1) is 12.6. The topological polar surface area (TPSA) is 69.6 Å². The van der Waals surface area contributed by atoms with E-state index < -0.39 is 5.82 Å². The van der Waals surface area contributed by atoms with Crippen LogP contribution in [0.3, 0.4) is 0 Å². The summed E-state index contributed by atoms with van der Waals surface area (Å²) in [6.45, 7) is 0. The molecular formula is C13H9ClFN5. The zero-order chi connectivity index (χ0) is 14.1. The van der Waals surface area contributed by atoms with E-state index in [0.29, 0.717) is 22.1 Å². The van der Waals surface area contributed by atoms with Crippen LogP contribution in [0.4, 0.5) is 10.1 Å². The fourth-order valence-electron chi connectivity index (χ4n) is 1.86. The first-order valence-corrected chi connectivity index (χ1v) is 6.12. The summed E-state index contributed by atoms with van der Waals surface area (Å²) in [6.07, 6.45) is 0. The molecule has 0 aliphatic rings. The van der Waals surface area contributed by atoms with Crippen LogP contribution in [-0.4, -0.2) is 20.2 Å². The Hall–Kier alpha value is -2.47. The Kier molecular flexibility index (Phi) is 3.08. The van der Waals surface area contributed by atoms with Gasteiger partial charge in [-0.05, 0) is 52.9 Å². The zero-order valence-corrected chi connectivity index (χ0v) is 10.9. The SMILES string of the molecule is Nc1cc(F)cc(-c2nnnn2-c2ccc(Cl)cc2)c1. The summed E-state index contributed by atoms with van der Waals surface area (Å²) in [6, 6.07) is 11.2. The Labute approximate surface area is 118 Å². The maximum Gasteiger partial charge on any atom is 0.187 e. The minimum Gasteiger partial charge on any atom is -0.399 e. The fourth-order valence-corrected chi connectivity index (χ4v) is 1.99. The molecule has 0 amide bonds. The van der Waals surface area contributed by atoms with E-state index in [4.69, 9.17) is 17.3 Å². The molecule has 2 N–H and O–H groups in total. The molecule has 0 aliphatic carbocycles. The molecule has 100 valence electrons. The summed E-state index contributed by atoms with van der Waals surface area (Å²) >= 11 is 5.84. The Balaban J connectivity index is 2.12. The van der Waals surface area contributed by atoms with Crippen molar-refractivity contribution in [3.05, 3.63) is 53.3 Å². The lowest BCUT2D eigenvalue weighted by Crippen LogP contribution is -2.00. The number of nitrogen functional groups attached to an aromatic ring is 1. The number of anilines is 1. The van der Waals surface area contributed by atoms with Crippen molar-refractivity contribution >= 4 is 17.3 Å². The maximum absolute atomic E-state index is 13.4. The molecule has 0 atom stereocenters. The lowest BCUT2D eigenvalue weighted by Gasteiger charge is -2.05. The molecule has 0 aliphatic heterocycles. The van der Waals surface area contributed by atoms with Gasteiger partial charge in [-0.2, -0.15) is 4.68 Å². The van der Waals surface area contributed by atoms with Crippen LogP contribution in [0, 0.1) is 5.82 Å². The number of rotatable bonds is 2. The standard InChI is InChI=1S/C13H9ClFN5/c14-9-1-3-12(4-2-9)20-13(17-18-19-20)8-5-10(15)7-11(16)6-8/h1-7H,16H2. The van der Waals surface area contributed by atoms with E-state index in [2.05, 4.69) is 15.5 Å². The number of tetrazole rings is 1. The van der Waals surface area contributed by atoms with Crippen LogP contribution >= 0.6 is 11.6 Å². The third-order valence-corrected chi connectivity index (χ3v) is 2.97. The van der Waals surface area contributed by atoms with Gasteiger partial charge in [-0.1, -0.05) is 11.6 Å². The van der Waals surface area contributed by atoms with Crippen molar-refractivity contribution in [2.45, 2.75) is 0 Å². The quantitative estimate of drug-likeness (QED) is 0.736. The third kappa shape index (κ3) is 2.33. The van der Waals surface area contributed by atoms with E-state index in [1.807, 2.05) is 0 Å². The molecule has 0 saturated carbocycles. The van der Waals surface area contributed by atoms with Gasteiger partial charge in [0.15, 0.2) is 5.82 Å². The molecule has 1 heterocycles. The van der Waals surface area contributed by atoms with Crippen molar-refractivity contribution in [1.82, 2.24) is 20.2 Å². The van der Waals surface area contributed by atoms with Gasteiger partial charge in [-0.25, -0.2) is 4.39 Å². The van der Waals surface area contributed by atoms with E-state index in [0.717, 1.165) is 5.69 Å². The monoisotopic (exact) mass is 289 g/mol. The van der Waals surface area contributed by atoms with E-state index >= 15 is 0 Å². The molecular weight excluding hydrogens is 281 g/mol. The summed E-state index contributed by atoms with van der Waals surface area (Å²) in [4.78, 5) is 0. The number of aromatic nitrogens is 4. The van der Waals surface area contributed by atoms with Crippen LogP contribution in [0.2, 0.25) is 5.02 Å². The van der Waals surface area contributed by atoms with Gasteiger partial charge < -0.3 is 5.73 Å². The number of nitrogens with two attached hydrogens (primary N) is 1. The summed E-state index contributed by atoms with van der Waals surface area (Å²) in [5.41, 5.74) is 7.17. The number of halogens is 2. The second kappa shape index (κ2) is 4.90. The van der Waals surface area contributed by atoms with Crippen molar-refractivity contribution in [2.24, 2.45) is 0 Å². The second-order valence-corrected chi connectivity index (χ2v) is 4.60. The molecule has 0 spiro atoms. The molecule has 3 aromatic rings. The Morgan fingerprint density at radius 3 is 2.55 bits per heavy atom. The average Bonchev–Trinajstić information content (AvgIpc) is 2.87. The van der Waals surface area contributed by atoms with Crippen molar-refractivity contribution in [3.63, 3.8) is 0 Å². The van der Waals surface area contributed by atoms with E-state index in [1.54, 1.807) is 30.3 Å². The molecule has 1 aromatic heterocycles. The molecule has 0 fully saturated rings. The van der Waals surface area contributed by atoms with Gasteiger partial charge in [0.25, 0.3) is 0 Å². The minimum absolute atomic E-state index is 0.311. The number of hydrogen-bond acceptors (Lipinski definition) is 4. The number of benzene rings is 2. The second-order valence-electron chi connectivity index (χ2n) is 4.16. The van der Waals surface area contributed by atoms with Gasteiger partial charge >= 0.3 is 0 Å². The summed E-state index contributed by atoms with van der Waals surface area (Å²) < 4.78 is 14.9. The maximum atomic E-state index is 13.4. The van der Waals surface area contributed by atoms with Gasteiger partial charge in [0, 0.05) is 16.3 Å². The third-order valence-electron chi connectivity index (χ3n) is 2.72. The van der Waals surface area contributed by atoms with E-state index in [9.17, 15) is 4.39 Å². The predicted molar refractivity (Wildman–Crippen MR) is 74.0 cm³/mol. The molecule has 0 unspecified atom stereocenters. The fraction of sp³-hybridized carbons (Fsp3) is 0. The van der Waals surface area contributed by atoms with Gasteiger partial charge in [-0.15, -0.1) is 5.10 Å². The van der Waals surface area contributed by atoms with Gasteiger partial charge in [0.1, 0.15) is 5.82 Å². The molecule has 0 radical (unpaired) electrons. The Bertz CT molecular complexity index is 733. The zero-order valence-electron chi connectivity index (χ0n) is 10.2. The highest BCUT2D eigenvalue weighted by Gasteiger charge is 2.12. The highest BCUT2D eigenvalue weighted by atomic mass is 35.5. The molecule has 7 heteroatoms. The average molecular weight is 290 g/mol. The number of nitrogens with zero attached hydrogens (tertiary/aromatic N) is 4. The van der Waals surface area contributed by atoms with Crippen molar-refractivity contribution in [3.8, 4) is 17.1 Å². The largest absolute Gasteiger partial charge is 0.399 e. The summed E-state index contributed by atoms with van der Waals surface area (Å²) in [7, 11) is 0. The first-order valence-electron chi connectivity index (χ1n) is 5.74. The minimum atomic E-state index is -0.439. The highest BCUT2D eigenvalue weighted by Crippen LogP contribution is 2.23. The number of hydrogen-bond donors (Lipinski definition) is 1. The van der Waals surface area contributed by atoms with Crippen LogP contribution in [0.25, 0.3) is 17.1 Å². The summed E-state index contributed by atoms with van der Waals surface area (Å²) in [5, 5.41) is 12.0. The van der Waals surface area contributed by atoms with E-state index in [-0.39, 0.29) is 0 Å². The van der Waals surface area contributed by atoms with Crippen LogP contribution in [0.15, 0.2) is 42.5 Å². The lowest BCUT2D eigenvalue weighted by atomic mass is 10.2. The lowest BCUT2D eigenvalue weighted by molar-refractivity contribution is 0.628. The highest BCUT2D eigenvalue weighted by molar-refractivity contribution is 6.30. The van der Waals surface area contributed by atoms with Crippen LogP contribution in [-0.2, 0) is 0 Å². The van der Waals surface area contributed by atoms with E-state index in [1.165, 1.54) is 16.8 Å². The van der Waals surface area contributed by atoms with Crippen molar-refractivity contribution in [1.29, 1.82) is 0 Å². The Morgan fingerprint density at radius 1 is 1.10 bits per heavy atom. The van der Waals surface area contributed by atoms with Crippen LogP contribution in [0.1, 0.15) is 0 Å². The molecule has 5 nitrogen and oxygen atoms in total. The van der Waals surface area contributed by atoms with Gasteiger partial charge in [0.05, 0.1) is 5.69 Å². The molecule has 0 bridgehead atoms. The molecule has 2 aromatic carbocycles. The van der Waals surface area contributed by atoms with Crippen molar-refractivity contribution < 1.29 is 4.39 Å². The normalized spacial score (nSPS) is 10.7. The first-order chi connectivity index (χ1) is 9.63.